The minimum Gasteiger partial charge on any atom is -0.376 e. The van der Waals surface area contributed by atoms with Crippen molar-refractivity contribution in [3.05, 3.63) is 10.6 Å². The van der Waals surface area contributed by atoms with Crippen LogP contribution in [0.2, 0.25) is 0 Å². The SMILES string of the molecule is CCCc1n[nH]c(=S)n1C1CCOC1C1CC1. The standard InChI is InChI=1S/C12H19N3OS/c1-2-3-10-13-14-12(17)15(10)9-6-7-16-11(9)8-4-5-8/h8-9,11H,2-7H2,1H3,(H,14,17). The van der Waals surface area contributed by atoms with Crippen LogP contribution in [0, 0.1) is 10.7 Å². The molecule has 0 amide bonds. The lowest BCUT2D eigenvalue weighted by Gasteiger charge is -2.20. The molecular formula is C12H19N3OS. The van der Waals surface area contributed by atoms with Crippen LogP contribution in [0.4, 0.5) is 0 Å². The van der Waals surface area contributed by atoms with E-state index in [1.165, 1.54) is 12.8 Å². The van der Waals surface area contributed by atoms with E-state index >= 15 is 0 Å². The van der Waals surface area contributed by atoms with Crippen molar-refractivity contribution in [2.45, 2.75) is 51.2 Å². The first kappa shape index (κ1) is 11.4. The first-order valence-corrected chi connectivity index (χ1v) is 6.99. The van der Waals surface area contributed by atoms with Gasteiger partial charge in [0.15, 0.2) is 4.77 Å². The topological polar surface area (TPSA) is 42.8 Å². The second-order valence-electron chi connectivity index (χ2n) is 5.09. The van der Waals surface area contributed by atoms with Crippen LogP contribution in [0.5, 0.6) is 0 Å². The Morgan fingerprint density at radius 1 is 1.47 bits per heavy atom. The largest absolute Gasteiger partial charge is 0.376 e. The molecule has 1 saturated carbocycles. The predicted octanol–water partition coefficient (Wildman–Crippen LogP) is 2.63. The van der Waals surface area contributed by atoms with E-state index in [0.29, 0.717) is 12.1 Å². The van der Waals surface area contributed by atoms with E-state index in [1.54, 1.807) is 0 Å². The molecule has 1 aliphatic heterocycles. The predicted molar refractivity (Wildman–Crippen MR) is 67.5 cm³/mol. The maximum absolute atomic E-state index is 5.89. The fourth-order valence-corrected chi connectivity index (χ4v) is 3.12. The summed E-state index contributed by atoms with van der Waals surface area (Å²) in [6.07, 6.45) is 6.16. The molecule has 17 heavy (non-hydrogen) atoms. The number of aromatic nitrogens is 3. The molecule has 2 atom stereocenters. The summed E-state index contributed by atoms with van der Waals surface area (Å²) in [5, 5.41) is 7.29. The number of H-pyrrole nitrogens is 1. The van der Waals surface area contributed by atoms with Gasteiger partial charge in [-0.3, -0.25) is 9.67 Å². The number of aromatic amines is 1. The van der Waals surface area contributed by atoms with E-state index in [-0.39, 0.29) is 0 Å². The minimum absolute atomic E-state index is 0.370. The number of nitrogens with zero attached hydrogens (tertiary/aromatic N) is 2. The van der Waals surface area contributed by atoms with Crippen molar-refractivity contribution in [2.75, 3.05) is 6.61 Å². The average molecular weight is 253 g/mol. The van der Waals surface area contributed by atoms with Crippen LogP contribution in [0.25, 0.3) is 0 Å². The minimum atomic E-state index is 0.370. The van der Waals surface area contributed by atoms with Crippen molar-refractivity contribution in [1.29, 1.82) is 0 Å². The van der Waals surface area contributed by atoms with Crippen LogP contribution in [0.15, 0.2) is 0 Å². The summed E-state index contributed by atoms with van der Waals surface area (Å²) in [5.41, 5.74) is 0. The Morgan fingerprint density at radius 3 is 3.00 bits per heavy atom. The number of ether oxygens (including phenoxy) is 1. The van der Waals surface area contributed by atoms with Crippen molar-refractivity contribution in [3.63, 3.8) is 0 Å². The summed E-state index contributed by atoms with van der Waals surface area (Å²) in [6.45, 7) is 3.04. The van der Waals surface area contributed by atoms with Gasteiger partial charge in [-0.2, -0.15) is 5.10 Å². The van der Waals surface area contributed by atoms with Crippen LogP contribution in [-0.4, -0.2) is 27.5 Å². The van der Waals surface area contributed by atoms with E-state index in [0.717, 1.165) is 42.4 Å². The fraction of sp³-hybridized carbons (Fsp3) is 0.833. The lowest BCUT2D eigenvalue weighted by molar-refractivity contribution is 0.0742. The first-order chi connectivity index (χ1) is 8.31. The summed E-state index contributed by atoms with van der Waals surface area (Å²) in [6, 6.07) is 0.412. The van der Waals surface area contributed by atoms with Crippen molar-refractivity contribution < 1.29 is 4.74 Å². The molecule has 1 aliphatic carbocycles. The summed E-state index contributed by atoms with van der Waals surface area (Å²) < 4.78 is 8.87. The van der Waals surface area contributed by atoms with E-state index in [4.69, 9.17) is 17.0 Å². The Kier molecular flexibility index (Phi) is 3.04. The van der Waals surface area contributed by atoms with Crippen LogP contribution >= 0.6 is 12.2 Å². The van der Waals surface area contributed by atoms with Crippen LogP contribution in [-0.2, 0) is 11.2 Å². The lowest BCUT2D eigenvalue weighted by Crippen LogP contribution is -2.23. The highest BCUT2D eigenvalue weighted by Crippen LogP contribution is 2.43. The highest BCUT2D eigenvalue weighted by Gasteiger charge is 2.42. The zero-order valence-electron chi connectivity index (χ0n) is 10.2. The molecule has 4 nitrogen and oxygen atoms in total. The van der Waals surface area contributed by atoms with Crippen molar-refractivity contribution in [2.24, 2.45) is 5.92 Å². The second kappa shape index (κ2) is 4.53. The monoisotopic (exact) mass is 253 g/mol. The van der Waals surface area contributed by atoms with Crippen molar-refractivity contribution in [3.8, 4) is 0 Å². The third-order valence-electron chi connectivity index (χ3n) is 3.77. The first-order valence-electron chi connectivity index (χ1n) is 6.58. The Bertz CT molecular complexity index is 449. The third kappa shape index (κ3) is 2.06. The number of aryl methyl sites for hydroxylation is 1. The fourth-order valence-electron chi connectivity index (χ4n) is 2.83. The van der Waals surface area contributed by atoms with E-state index in [2.05, 4.69) is 21.7 Å². The van der Waals surface area contributed by atoms with Gasteiger partial charge in [0, 0.05) is 13.0 Å². The molecule has 1 aromatic heterocycles. The number of rotatable bonds is 4. The van der Waals surface area contributed by atoms with Gasteiger partial charge >= 0.3 is 0 Å². The molecule has 5 heteroatoms. The van der Waals surface area contributed by atoms with Crippen molar-refractivity contribution in [1.82, 2.24) is 14.8 Å². The second-order valence-corrected chi connectivity index (χ2v) is 5.48. The Morgan fingerprint density at radius 2 is 2.29 bits per heavy atom. The van der Waals surface area contributed by atoms with Gasteiger partial charge < -0.3 is 4.74 Å². The van der Waals surface area contributed by atoms with Crippen molar-refractivity contribution >= 4 is 12.2 Å². The molecule has 2 heterocycles. The van der Waals surface area contributed by atoms with Gasteiger partial charge in [-0.1, -0.05) is 6.92 Å². The number of nitrogens with one attached hydrogen (secondary N) is 1. The van der Waals surface area contributed by atoms with Crippen LogP contribution in [0.3, 0.4) is 0 Å². The lowest BCUT2D eigenvalue weighted by atomic mass is 10.1. The molecule has 0 bridgehead atoms. The van der Waals surface area contributed by atoms with Gasteiger partial charge in [0.2, 0.25) is 0 Å². The number of hydrogen-bond donors (Lipinski definition) is 1. The van der Waals surface area contributed by atoms with Gasteiger partial charge in [0.25, 0.3) is 0 Å². The Hall–Kier alpha value is -0.680. The molecule has 0 aromatic carbocycles. The molecule has 94 valence electrons. The molecule has 0 radical (unpaired) electrons. The van der Waals surface area contributed by atoms with Gasteiger partial charge in [-0.05, 0) is 43.8 Å². The summed E-state index contributed by atoms with van der Waals surface area (Å²) >= 11 is 5.37. The molecule has 2 fully saturated rings. The molecule has 1 saturated heterocycles. The summed E-state index contributed by atoms with van der Waals surface area (Å²) in [7, 11) is 0. The molecule has 2 unspecified atom stereocenters. The summed E-state index contributed by atoms with van der Waals surface area (Å²) in [5.74, 6) is 1.85. The van der Waals surface area contributed by atoms with E-state index < -0.39 is 0 Å². The Labute approximate surface area is 106 Å². The molecule has 2 aliphatic rings. The van der Waals surface area contributed by atoms with Gasteiger partial charge in [0.05, 0.1) is 12.1 Å². The van der Waals surface area contributed by atoms with Crippen LogP contribution < -0.4 is 0 Å². The summed E-state index contributed by atoms with van der Waals surface area (Å²) in [4.78, 5) is 0. The molecule has 0 spiro atoms. The molecule has 3 rings (SSSR count). The normalized spacial score (nSPS) is 28.8. The molecule has 1 aromatic rings. The highest BCUT2D eigenvalue weighted by atomic mass is 32.1. The van der Waals surface area contributed by atoms with Gasteiger partial charge in [-0.25, -0.2) is 0 Å². The Balaban J connectivity index is 1.91. The maximum Gasteiger partial charge on any atom is 0.195 e. The van der Waals surface area contributed by atoms with Gasteiger partial charge in [-0.15, -0.1) is 0 Å². The zero-order chi connectivity index (χ0) is 11.8. The molecular weight excluding hydrogens is 234 g/mol. The molecule has 1 N–H and O–H groups in total. The smallest absolute Gasteiger partial charge is 0.195 e. The quantitative estimate of drug-likeness (QED) is 0.839. The van der Waals surface area contributed by atoms with E-state index in [9.17, 15) is 0 Å². The van der Waals surface area contributed by atoms with Gasteiger partial charge in [0.1, 0.15) is 5.82 Å². The van der Waals surface area contributed by atoms with Crippen LogP contribution in [0.1, 0.15) is 44.5 Å². The highest BCUT2D eigenvalue weighted by molar-refractivity contribution is 7.71. The average Bonchev–Trinajstić information content (AvgIpc) is 2.95. The number of hydrogen-bond acceptors (Lipinski definition) is 3. The zero-order valence-corrected chi connectivity index (χ0v) is 11.0. The van der Waals surface area contributed by atoms with E-state index in [1.807, 2.05) is 0 Å². The maximum atomic E-state index is 5.89. The third-order valence-corrected chi connectivity index (χ3v) is 4.06.